The average molecular weight is 482 g/mol. The van der Waals surface area contributed by atoms with Crippen molar-refractivity contribution in [2.45, 2.75) is 25.7 Å². The summed E-state index contributed by atoms with van der Waals surface area (Å²) in [6.07, 6.45) is 5.07. The van der Waals surface area contributed by atoms with Crippen molar-refractivity contribution in [1.82, 2.24) is 15.0 Å². The van der Waals surface area contributed by atoms with Crippen LogP contribution in [0.25, 0.3) is 17.5 Å². The Hall–Kier alpha value is -3.66. The summed E-state index contributed by atoms with van der Waals surface area (Å²) in [5, 5.41) is 6.66. The molecule has 1 fully saturated rings. The number of thiazole rings is 1. The number of ether oxygens (including phenoxy) is 3. The molecule has 34 heavy (non-hydrogen) atoms. The Morgan fingerprint density at radius 2 is 2.03 bits per heavy atom. The van der Waals surface area contributed by atoms with Crippen LogP contribution in [0.15, 0.2) is 40.2 Å². The van der Waals surface area contributed by atoms with Gasteiger partial charge in [-0.2, -0.15) is 0 Å². The van der Waals surface area contributed by atoms with Crippen LogP contribution < -0.4 is 9.47 Å². The summed E-state index contributed by atoms with van der Waals surface area (Å²) >= 11 is 1.55. The predicted octanol–water partition coefficient (Wildman–Crippen LogP) is 4.12. The molecule has 0 saturated carbocycles. The lowest BCUT2D eigenvalue weighted by Gasteiger charge is -2.30. The summed E-state index contributed by atoms with van der Waals surface area (Å²) in [5.41, 5.74) is 1.67. The average Bonchev–Trinajstić information content (AvgIpc) is 3.62. The number of carbonyl (C=O) groups is 2. The van der Waals surface area contributed by atoms with Crippen molar-refractivity contribution in [3.8, 4) is 23.0 Å². The van der Waals surface area contributed by atoms with Crippen LogP contribution in [0.1, 0.15) is 46.7 Å². The van der Waals surface area contributed by atoms with Crippen molar-refractivity contribution in [2.75, 3.05) is 26.5 Å². The zero-order valence-corrected chi connectivity index (χ0v) is 19.4. The second-order valence-electron chi connectivity index (χ2n) is 7.91. The van der Waals surface area contributed by atoms with E-state index in [1.165, 1.54) is 0 Å². The maximum Gasteiger partial charge on any atom is 0.360 e. The lowest BCUT2D eigenvalue weighted by molar-refractivity contribution is -0.126. The quantitative estimate of drug-likeness (QED) is 0.383. The third-order valence-corrected chi connectivity index (χ3v) is 6.75. The minimum atomic E-state index is -0.516. The number of carbonyl (C=O) groups excluding carboxylic acids is 2. The molecule has 3 aromatic rings. The van der Waals surface area contributed by atoms with Crippen LogP contribution in [0.3, 0.4) is 0 Å². The van der Waals surface area contributed by atoms with Crippen LogP contribution in [-0.4, -0.2) is 53.4 Å². The van der Waals surface area contributed by atoms with E-state index in [0.29, 0.717) is 30.3 Å². The van der Waals surface area contributed by atoms with E-state index >= 15 is 0 Å². The second kappa shape index (κ2) is 9.68. The summed E-state index contributed by atoms with van der Waals surface area (Å²) in [6.45, 7) is 3.57. The molecule has 5 rings (SSSR count). The first kappa shape index (κ1) is 22.1. The second-order valence-corrected chi connectivity index (χ2v) is 8.80. The van der Waals surface area contributed by atoms with E-state index in [1.807, 2.05) is 28.5 Å². The van der Waals surface area contributed by atoms with E-state index in [2.05, 4.69) is 5.16 Å². The normalized spacial score (nSPS) is 15.7. The molecule has 0 aliphatic carbocycles. The minimum absolute atomic E-state index is 0.0101. The van der Waals surface area contributed by atoms with E-state index < -0.39 is 5.97 Å². The molecule has 9 nitrogen and oxygen atoms in total. The summed E-state index contributed by atoms with van der Waals surface area (Å²) in [5.74, 6) is 1.60. The van der Waals surface area contributed by atoms with Crippen LogP contribution in [0.2, 0.25) is 0 Å². The van der Waals surface area contributed by atoms with Crippen molar-refractivity contribution in [1.29, 1.82) is 0 Å². The molecule has 10 heteroatoms. The fourth-order valence-corrected chi connectivity index (χ4v) is 4.90. The maximum atomic E-state index is 12.7. The van der Waals surface area contributed by atoms with Gasteiger partial charge in [-0.3, -0.25) is 4.79 Å². The lowest BCUT2D eigenvalue weighted by Crippen LogP contribution is -2.36. The van der Waals surface area contributed by atoms with Gasteiger partial charge in [0, 0.05) is 36.5 Å². The largest absolute Gasteiger partial charge is 0.461 e. The molecule has 4 heterocycles. The molecule has 2 aliphatic rings. The van der Waals surface area contributed by atoms with Gasteiger partial charge in [0.05, 0.1) is 11.6 Å². The standard InChI is InChI=1S/C24H23N3O6S/c1-2-30-24(29)17-12-20(33-26-17)18-13-34-23(25-18)16-7-9-27(10-8-16)22(28)6-4-15-3-5-19-21(11-15)32-14-31-19/h3-6,11-13,16H,2,7-10,14H2,1H3. The Bertz CT molecular complexity index is 1230. The number of fused-ring (bicyclic) bond motifs is 1. The van der Waals surface area contributed by atoms with Crippen LogP contribution >= 0.6 is 11.3 Å². The van der Waals surface area contributed by atoms with Crippen LogP contribution in [-0.2, 0) is 9.53 Å². The number of piperidine rings is 1. The third-order valence-electron chi connectivity index (χ3n) is 5.74. The van der Waals surface area contributed by atoms with Crippen LogP contribution in [0.4, 0.5) is 0 Å². The zero-order valence-electron chi connectivity index (χ0n) is 18.6. The number of likely N-dealkylation sites (tertiary alicyclic amines) is 1. The van der Waals surface area contributed by atoms with Crippen LogP contribution in [0.5, 0.6) is 11.5 Å². The van der Waals surface area contributed by atoms with Crippen molar-refractivity contribution < 1.29 is 28.3 Å². The van der Waals surface area contributed by atoms with E-state index in [4.69, 9.17) is 23.7 Å². The molecule has 0 bridgehead atoms. The van der Waals surface area contributed by atoms with Gasteiger partial charge in [-0.1, -0.05) is 11.2 Å². The Morgan fingerprint density at radius 1 is 1.21 bits per heavy atom. The number of amides is 1. The first-order valence-corrected chi connectivity index (χ1v) is 11.9. The fourth-order valence-electron chi connectivity index (χ4n) is 3.92. The monoisotopic (exact) mass is 481 g/mol. The highest BCUT2D eigenvalue weighted by Gasteiger charge is 2.26. The number of rotatable bonds is 6. The van der Waals surface area contributed by atoms with Crippen molar-refractivity contribution in [2.24, 2.45) is 0 Å². The molecular weight excluding hydrogens is 458 g/mol. The van der Waals surface area contributed by atoms with E-state index in [9.17, 15) is 9.59 Å². The number of esters is 1. The molecule has 0 spiro atoms. The Morgan fingerprint density at radius 3 is 2.85 bits per heavy atom. The van der Waals surface area contributed by atoms with E-state index in [1.54, 1.807) is 36.5 Å². The summed E-state index contributed by atoms with van der Waals surface area (Å²) < 4.78 is 20.9. The zero-order chi connectivity index (χ0) is 23.5. The van der Waals surface area contributed by atoms with Crippen molar-refractivity contribution in [3.05, 3.63) is 52.0 Å². The van der Waals surface area contributed by atoms with Gasteiger partial charge < -0.3 is 23.6 Å². The van der Waals surface area contributed by atoms with Gasteiger partial charge in [-0.25, -0.2) is 9.78 Å². The topological polar surface area (TPSA) is 104 Å². The van der Waals surface area contributed by atoms with Crippen molar-refractivity contribution >= 4 is 29.3 Å². The highest BCUT2D eigenvalue weighted by molar-refractivity contribution is 7.10. The highest BCUT2D eigenvalue weighted by atomic mass is 32.1. The van der Waals surface area contributed by atoms with Gasteiger partial charge in [-0.15, -0.1) is 11.3 Å². The predicted molar refractivity (Wildman–Crippen MR) is 124 cm³/mol. The molecule has 1 amide bonds. The number of hydrogen-bond donors (Lipinski definition) is 0. The van der Waals surface area contributed by atoms with E-state index in [0.717, 1.165) is 29.2 Å². The Labute approximate surface area is 199 Å². The molecular formula is C24H23N3O6S. The van der Waals surface area contributed by atoms with Crippen LogP contribution in [0, 0.1) is 0 Å². The van der Waals surface area contributed by atoms with Gasteiger partial charge in [0.2, 0.25) is 12.7 Å². The minimum Gasteiger partial charge on any atom is -0.461 e. The first-order valence-electron chi connectivity index (χ1n) is 11.1. The number of benzene rings is 1. The molecule has 0 N–H and O–H groups in total. The molecule has 0 atom stereocenters. The van der Waals surface area contributed by atoms with Gasteiger partial charge in [0.25, 0.3) is 0 Å². The Kier molecular flexibility index (Phi) is 6.31. The smallest absolute Gasteiger partial charge is 0.360 e. The summed E-state index contributed by atoms with van der Waals surface area (Å²) in [4.78, 5) is 31.0. The molecule has 2 aliphatic heterocycles. The summed E-state index contributed by atoms with van der Waals surface area (Å²) in [7, 11) is 0. The summed E-state index contributed by atoms with van der Waals surface area (Å²) in [6, 6.07) is 7.15. The van der Waals surface area contributed by atoms with Gasteiger partial charge in [0.15, 0.2) is 23.0 Å². The third kappa shape index (κ3) is 4.67. The highest BCUT2D eigenvalue weighted by Crippen LogP contribution is 2.34. The molecule has 0 unspecified atom stereocenters. The van der Waals surface area contributed by atoms with Gasteiger partial charge >= 0.3 is 5.97 Å². The molecule has 0 radical (unpaired) electrons. The van der Waals surface area contributed by atoms with E-state index in [-0.39, 0.29) is 30.9 Å². The Balaban J connectivity index is 1.16. The number of hydrogen-bond acceptors (Lipinski definition) is 9. The first-order chi connectivity index (χ1) is 16.6. The van der Waals surface area contributed by atoms with Crippen molar-refractivity contribution in [3.63, 3.8) is 0 Å². The van der Waals surface area contributed by atoms with Gasteiger partial charge in [0.1, 0.15) is 5.69 Å². The maximum absolute atomic E-state index is 12.7. The number of aromatic nitrogens is 2. The molecule has 1 aromatic carbocycles. The number of nitrogens with zero attached hydrogens (tertiary/aromatic N) is 3. The molecule has 176 valence electrons. The van der Waals surface area contributed by atoms with Gasteiger partial charge in [-0.05, 0) is 43.5 Å². The fraction of sp³-hybridized carbons (Fsp3) is 0.333. The molecule has 1 saturated heterocycles. The molecule has 2 aromatic heterocycles. The lowest BCUT2D eigenvalue weighted by atomic mass is 9.97. The SMILES string of the molecule is CCOC(=O)c1cc(-c2csc(C3CCN(C(=O)C=Cc4ccc5c(c4)OCO5)CC3)n2)on1.